The van der Waals surface area contributed by atoms with Gasteiger partial charge in [-0.1, -0.05) is 11.6 Å². The number of rotatable bonds is 1. The summed E-state index contributed by atoms with van der Waals surface area (Å²) in [4.78, 5) is 3.80. The molecule has 1 aromatic heterocycles. The summed E-state index contributed by atoms with van der Waals surface area (Å²) in [6.07, 6.45) is 2.96. The van der Waals surface area contributed by atoms with Crippen molar-refractivity contribution in [2.24, 2.45) is 0 Å². The standard InChI is InChI=1S/C9H7ClN4S/c10-7-1-3-8(4-2-7)13-9(15)14-6-11-5-12-14/h1-6H,(H,13,15). The Bertz CT molecular complexity index is 451. The van der Waals surface area contributed by atoms with Crippen molar-refractivity contribution in [2.45, 2.75) is 0 Å². The van der Waals surface area contributed by atoms with Crippen molar-refractivity contribution in [2.75, 3.05) is 5.32 Å². The maximum absolute atomic E-state index is 5.76. The maximum atomic E-state index is 5.76. The van der Waals surface area contributed by atoms with Gasteiger partial charge in [0.05, 0.1) is 0 Å². The average molecular weight is 239 g/mol. The first kappa shape index (κ1) is 10.1. The van der Waals surface area contributed by atoms with E-state index in [1.54, 1.807) is 12.1 Å². The molecule has 0 fully saturated rings. The van der Waals surface area contributed by atoms with Crippen LogP contribution in [0.5, 0.6) is 0 Å². The van der Waals surface area contributed by atoms with Gasteiger partial charge in [0, 0.05) is 10.7 Å². The fraction of sp³-hybridized carbons (Fsp3) is 0. The van der Waals surface area contributed by atoms with Crippen LogP contribution in [0.4, 0.5) is 5.69 Å². The fourth-order valence-corrected chi connectivity index (χ4v) is 1.37. The van der Waals surface area contributed by atoms with Crippen molar-refractivity contribution >= 4 is 34.6 Å². The zero-order valence-corrected chi connectivity index (χ0v) is 9.16. The minimum absolute atomic E-state index is 0.467. The van der Waals surface area contributed by atoms with Crippen LogP contribution in [-0.4, -0.2) is 19.9 Å². The van der Waals surface area contributed by atoms with Crippen molar-refractivity contribution in [3.63, 3.8) is 0 Å². The normalized spacial score (nSPS) is 9.93. The lowest BCUT2D eigenvalue weighted by Gasteiger charge is -2.06. The van der Waals surface area contributed by atoms with Crippen LogP contribution in [0.2, 0.25) is 5.02 Å². The number of nitrogens with zero attached hydrogens (tertiary/aromatic N) is 3. The molecule has 1 N–H and O–H groups in total. The Labute approximate surface area is 96.9 Å². The molecule has 0 unspecified atom stereocenters. The molecule has 1 aromatic carbocycles. The van der Waals surface area contributed by atoms with Gasteiger partial charge >= 0.3 is 0 Å². The van der Waals surface area contributed by atoms with Crippen LogP contribution >= 0.6 is 23.8 Å². The summed E-state index contributed by atoms with van der Waals surface area (Å²) >= 11 is 10.9. The Balaban J connectivity index is 2.09. The van der Waals surface area contributed by atoms with Crippen LogP contribution in [0.1, 0.15) is 0 Å². The molecule has 1 heterocycles. The number of benzene rings is 1. The zero-order valence-electron chi connectivity index (χ0n) is 7.59. The van der Waals surface area contributed by atoms with Crippen LogP contribution in [0, 0.1) is 0 Å². The molecule has 0 saturated carbocycles. The summed E-state index contributed by atoms with van der Waals surface area (Å²) in [6, 6.07) is 7.25. The molecule has 4 nitrogen and oxygen atoms in total. The van der Waals surface area contributed by atoms with Gasteiger partial charge in [-0.15, -0.1) is 0 Å². The Morgan fingerprint density at radius 1 is 1.33 bits per heavy atom. The van der Waals surface area contributed by atoms with Crippen molar-refractivity contribution < 1.29 is 0 Å². The highest BCUT2D eigenvalue weighted by Gasteiger charge is 2.00. The minimum atomic E-state index is 0.467. The fourth-order valence-electron chi connectivity index (χ4n) is 1.03. The summed E-state index contributed by atoms with van der Waals surface area (Å²) in [6.45, 7) is 0. The Kier molecular flexibility index (Phi) is 2.94. The summed E-state index contributed by atoms with van der Waals surface area (Å²) in [7, 11) is 0. The highest BCUT2D eigenvalue weighted by atomic mass is 35.5. The highest BCUT2D eigenvalue weighted by Crippen LogP contribution is 2.13. The summed E-state index contributed by atoms with van der Waals surface area (Å²) < 4.78 is 1.48. The number of halogens is 1. The van der Waals surface area contributed by atoms with Crippen molar-refractivity contribution in [1.82, 2.24) is 14.8 Å². The maximum Gasteiger partial charge on any atom is 0.199 e. The van der Waals surface area contributed by atoms with Crippen molar-refractivity contribution in [1.29, 1.82) is 0 Å². The van der Waals surface area contributed by atoms with Crippen LogP contribution in [0.3, 0.4) is 0 Å². The molecule has 0 aliphatic rings. The van der Waals surface area contributed by atoms with E-state index in [1.807, 2.05) is 12.1 Å². The second-order valence-electron chi connectivity index (χ2n) is 2.78. The van der Waals surface area contributed by atoms with Crippen LogP contribution in [-0.2, 0) is 0 Å². The summed E-state index contributed by atoms with van der Waals surface area (Å²) in [5.41, 5.74) is 0.861. The first-order valence-corrected chi connectivity index (χ1v) is 4.96. The third-order valence-electron chi connectivity index (χ3n) is 1.72. The summed E-state index contributed by atoms with van der Waals surface area (Å²) in [5, 5.41) is 8.07. The minimum Gasteiger partial charge on any atom is -0.331 e. The van der Waals surface area contributed by atoms with E-state index in [0.717, 1.165) is 5.69 Å². The number of nitrogens with one attached hydrogen (secondary N) is 1. The zero-order chi connectivity index (χ0) is 10.7. The molecule has 76 valence electrons. The molecule has 6 heteroatoms. The lowest BCUT2D eigenvalue weighted by molar-refractivity contribution is 0.946. The van der Waals surface area contributed by atoms with E-state index in [0.29, 0.717) is 10.1 Å². The monoisotopic (exact) mass is 238 g/mol. The molecule has 15 heavy (non-hydrogen) atoms. The van der Waals surface area contributed by atoms with Crippen molar-refractivity contribution in [3.8, 4) is 0 Å². The van der Waals surface area contributed by atoms with Gasteiger partial charge in [0.15, 0.2) is 5.11 Å². The average Bonchev–Trinajstić information content (AvgIpc) is 2.74. The lowest BCUT2D eigenvalue weighted by atomic mass is 10.3. The van der Waals surface area contributed by atoms with E-state index in [-0.39, 0.29) is 0 Å². The van der Waals surface area contributed by atoms with E-state index in [1.165, 1.54) is 17.3 Å². The molecule has 0 aliphatic carbocycles. The van der Waals surface area contributed by atoms with Crippen LogP contribution in [0.25, 0.3) is 0 Å². The predicted molar refractivity (Wildman–Crippen MR) is 63.1 cm³/mol. The Hall–Kier alpha value is -1.46. The van der Waals surface area contributed by atoms with E-state index in [4.69, 9.17) is 23.8 Å². The quantitative estimate of drug-likeness (QED) is 0.774. The number of hydrogen-bond donors (Lipinski definition) is 1. The SMILES string of the molecule is S=C(Nc1ccc(Cl)cc1)n1cncn1. The molecule has 2 rings (SSSR count). The van der Waals surface area contributed by atoms with Gasteiger partial charge in [0.25, 0.3) is 0 Å². The molecule has 0 radical (unpaired) electrons. The molecular weight excluding hydrogens is 232 g/mol. The first-order chi connectivity index (χ1) is 7.25. The largest absolute Gasteiger partial charge is 0.331 e. The second kappa shape index (κ2) is 4.37. The van der Waals surface area contributed by atoms with Gasteiger partial charge in [-0.3, -0.25) is 0 Å². The van der Waals surface area contributed by atoms with E-state index >= 15 is 0 Å². The molecule has 0 spiro atoms. The van der Waals surface area contributed by atoms with E-state index in [9.17, 15) is 0 Å². The van der Waals surface area contributed by atoms with Gasteiger partial charge in [-0.25, -0.2) is 4.98 Å². The topological polar surface area (TPSA) is 42.7 Å². The van der Waals surface area contributed by atoms with Crippen LogP contribution in [0.15, 0.2) is 36.9 Å². The number of anilines is 1. The van der Waals surface area contributed by atoms with Gasteiger partial charge < -0.3 is 5.32 Å². The van der Waals surface area contributed by atoms with Crippen molar-refractivity contribution in [3.05, 3.63) is 41.9 Å². The first-order valence-electron chi connectivity index (χ1n) is 4.17. The van der Waals surface area contributed by atoms with Gasteiger partial charge in [0.2, 0.25) is 0 Å². The highest BCUT2D eigenvalue weighted by molar-refractivity contribution is 7.80. The molecule has 0 bridgehead atoms. The third-order valence-corrected chi connectivity index (χ3v) is 2.26. The molecule has 0 amide bonds. The number of thiocarbonyl (C=S) groups is 1. The van der Waals surface area contributed by atoms with Crippen LogP contribution < -0.4 is 5.32 Å². The number of aromatic nitrogens is 3. The summed E-state index contributed by atoms with van der Waals surface area (Å²) in [5.74, 6) is 0. The molecule has 0 saturated heterocycles. The second-order valence-corrected chi connectivity index (χ2v) is 3.60. The molecule has 2 aromatic rings. The molecule has 0 atom stereocenters. The molecule has 0 aliphatic heterocycles. The number of hydrogen-bond acceptors (Lipinski definition) is 3. The Morgan fingerprint density at radius 2 is 2.07 bits per heavy atom. The van der Waals surface area contributed by atoms with E-state index in [2.05, 4.69) is 15.4 Å². The Morgan fingerprint density at radius 3 is 2.67 bits per heavy atom. The smallest absolute Gasteiger partial charge is 0.199 e. The van der Waals surface area contributed by atoms with E-state index < -0.39 is 0 Å². The van der Waals surface area contributed by atoms with Gasteiger partial charge in [0.1, 0.15) is 12.7 Å². The van der Waals surface area contributed by atoms with Gasteiger partial charge in [-0.05, 0) is 36.5 Å². The molecular formula is C9H7ClN4S. The van der Waals surface area contributed by atoms with Gasteiger partial charge in [-0.2, -0.15) is 9.78 Å². The predicted octanol–water partition coefficient (Wildman–Crippen LogP) is 2.18. The lowest BCUT2D eigenvalue weighted by Crippen LogP contribution is -2.19. The third kappa shape index (κ3) is 2.51.